The summed E-state index contributed by atoms with van der Waals surface area (Å²) in [6.45, 7) is 4.47. The summed E-state index contributed by atoms with van der Waals surface area (Å²) in [4.78, 5) is 0. The summed E-state index contributed by atoms with van der Waals surface area (Å²) < 4.78 is 55.3. The standard InChI is InChI=1S/C28H29F3O2/c1-3-32-23-13-10-21(26(29)16-23)17-33-22-11-8-20(9-12-22)25-15-14-24(27(30)28(25)31)19-6-4-18(2)5-7-19/h4-7,10,13-16,20,22H,3,8-9,11-12,17H2,1-2H3. The average molecular weight is 455 g/mol. The lowest BCUT2D eigenvalue weighted by Gasteiger charge is -2.29. The molecule has 0 heterocycles. The molecular formula is C28H29F3O2. The first-order valence-corrected chi connectivity index (χ1v) is 11.5. The predicted octanol–water partition coefficient (Wildman–Crippen LogP) is 7.72. The first-order chi connectivity index (χ1) is 16.0. The van der Waals surface area contributed by atoms with E-state index in [1.165, 1.54) is 6.07 Å². The Balaban J connectivity index is 1.36. The van der Waals surface area contributed by atoms with E-state index in [0.717, 1.165) is 18.4 Å². The molecule has 33 heavy (non-hydrogen) atoms. The second kappa shape index (κ2) is 10.4. The quantitative estimate of drug-likeness (QED) is 0.364. The molecule has 3 aromatic carbocycles. The van der Waals surface area contributed by atoms with Gasteiger partial charge < -0.3 is 9.47 Å². The van der Waals surface area contributed by atoms with Gasteiger partial charge >= 0.3 is 0 Å². The Morgan fingerprint density at radius 2 is 1.58 bits per heavy atom. The first-order valence-electron chi connectivity index (χ1n) is 11.5. The molecule has 0 aliphatic heterocycles. The van der Waals surface area contributed by atoms with Crippen LogP contribution in [0.25, 0.3) is 11.1 Å². The van der Waals surface area contributed by atoms with Gasteiger partial charge in [-0.1, -0.05) is 48.0 Å². The monoisotopic (exact) mass is 454 g/mol. The number of rotatable bonds is 7. The van der Waals surface area contributed by atoms with Crippen molar-refractivity contribution < 1.29 is 22.6 Å². The van der Waals surface area contributed by atoms with Gasteiger partial charge in [-0.15, -0.1) is 0 Å². The minimum atomic E-state index is -0.791. The normalized spacial score (nSPS) is 18.3. The highest BCUT2D eigenvalue weighted by molar-refractivity contribution is 5.65. The van der Waals surface area contributed by atoms with Crippen LogP contribution < -0.4 is 4.74 Å². The lowest BCUT2D eigenvalue weighted by atomic mass is 9.82. The topological polar surface area (TPSA) is 18.5 Å². The fourth-order valence-electron chi connectivity index (χ4n) is 4.49. The van der Waals surface area contributed by atoms with Gasteiger partial charge in [-0.2, -0.15) is 0 Å². The van der Waals surface area contributed by atoms with Crippen LogP contribution in [0.1, 0.15) is 55.2 Å². The molecule has 1 aliphatic rings. The summed E-state index contributed by atoms with van der Waals surface area (Å²) >= 11 is 0. The molecule has 4 rings (SSSR count). The molecule has 5 heteroatoms. The zero-order valence-corrected chi connectivity index (χ0v) is 19.0. The maximum Gasteiger partial charge on any atom is 0.166 e. The second-order valence-electron chi connectivity index (χ2n) is 8.67. The molecule has 0 radical (unpaired) electrons. The van der Waals surface area contributed by atoms with Crippen molar-refractivity contribution >= 4 is 0 Å². The minimum absolute atomic E-state index is 0.0213. The lowest BCUT2D eigenvalue weighted by molar-refractivity contribution is 0.0118. The van der Waals surface area contributed by atoms with Crippen LogP contribution in [0.3, 0.4) is 0 Å². The van der Waals surface area contributed by atoms with E-state index in [1.807, 2.05) is 38.1 Å². The van der Waals surface area contributed by atoms with Gasteiger partial charge in [0.2, 0.25) is 0 Å². The number of benzene rings is 3. The number of ether oxygens (including phenoxy) is 2. The number of aryl methyl sites for hydroxylation is 1. The Bertz CT molecular complexity index is 1090. The molecule has 174 valence electrons. The fraction of sp³-hybridized carbons (Fsp3) is 0.357. The van der Waals surface area contributed by atoms with Gasteiger partial charge in [0.05, 0.1) is 19.3 Å². The fourth-order valence-corrected chi connectivity index (χ4v) is 4.49. The van der Waals surface area contributed by atoms with Crippen LogP contribution in [-0.4, -0.2) is 12.7 Å². The molecule has 1 fully saturated rings. The first kappa shape index (κ1) is 23.4. The van der Waals surface area contributed by atoms with Gasteiger partial charge in [-0.25, -0.2) is 13.2 Å². The molecule has 2 nitrogen and oxygen atoms in total. The van der Waals surface area contributed by atoms with Crippen molar-refractivity contribution in [3.05, 3.63) is 88.7 Å². The highest BCUT2D eigenvalue weighted by Crippen LogP contribution is 2.38. The lowest BCUT2D eigenvalue weighted by Crippen LogP contribution is -2.21. The summed E-state index contributed by atoms with van der Waals surface area (Å²) in [6, 6.07) is 15.6. The molecule has 3 aromatic rings. The van der Waals surface area contributed by atoms with Crippen LogP contribution in [0.5, 0.6) is 5.75 Å². The molecule has 0 spiro atoms. The summed E-state index contributed by atoms with van der Waals surface area (Å²) in [5.74, 6) is -1.44. The highest BCUT2D eigenvalue weighted by atomic mass is 19.2. The van der Waals surface area contributed by atoms with E-state index in [1.54, 1.807) is 24.3 Å². The van der Waals surface area contributed by atoms with Crippen molar-refractivity contribution in [2.75, 3.05) is 6.61 Å². The molecule has 0 amide bonds. The molecule has 1 saturated carbocycles. The van der Waals surface area contributed by atoms with E-state index < -0.39 is 11.6 Å². The van der Waals surface area contributed by atoms with E-state index in [4.69, 9.17) is 9.47 Å². The summed E-state index contributed by atoms with van der Waals surface area (Å²) in [5.41, 5.74) is 2.94. The summed E-state index contributed by atoms with van der Waals surface area (Å²) in [5, 5.41) is 0. The second-order valence-corrected chi connectivity index (χ2v) is 8.67. The van der Waals surface area contributed by atoms with Crippen LogP contribution in [0.2, 0.25) is 0 Å². The van der Waals surface area contributed by atoms with Crippen LogP contribution in [0.15, 0.2) is 54.6 Å². The smallest absolute Gasteiger partial charge is 0.166 e. The zero-order valence-electron chi connectivity index (χ0n) is 19.0. The average Bonchev–Trinajstić information content (AvgIpc) is 2.82. The van der Waals surface area contributed by atoms with Crippen LogP contribution in [-0.2, 0) is 11.3 Å². The van der Waals surface area contributed by atoms with E-state index >= 15 is 0 Å². The predicted molar refractivity (Wildman–Crippen MR) is 124 cm³/mol. The van der Waals surface area contributed by atoms with E-state index in [2.05, 4.69) is 0 Å². The maximum atomic E-state index is 15.0. The van der Waals surface area contributed by atoms with Crippen molar-refractivity contribution in [1.29, 1.82) is 0 Å². The molecule has 0 atom stereocenters. The van der Waals surface area contributed by atoms with Gasteiger partial charge in [0, 0.05) is 17.2 Å². The summed E-state index contributed by atoms with van der Waals surface area (Å²) in [7, 11) is 0. The third-order valence-corrected chi connectivity index (χ3v) is 6.40. The van der Waals surface area contributed by atoms with Gasteiger partial charge in [0.25, 0.3) is 0 Å². The molecule has 0 aromatic heterocycles. The van der Waals surface area contributed by atoms with Gasteiger partial charge in [-0.05, 0) is 62.6 Å². The highest BCUT2D eigenvalue weighted by Gasteiger charge is 2.27. The maximum absolute atomic E-state index is 15.0. The Kier molecular flexibility index (Phi) is 7.39. The Morgan fingerprint density at radius 3 is 2.24 bits per heavy atom. The van der Waals surface area contributed by atoms with Crippen molar-refractivity contribution in [2.24, 2.45) is 0 Å². The van der Waals surface area contributed by atoms with E-state index in [-0.39, 0.29) is 30.0 Å². The third kappa shape index (κ3) is 5.41. The van der Waals surface area contributed by atoms with E-state index in [9.17, 15) is 13.2 Å². The van der Waals surface area contributed by atoms with Gasteiger partial charge in [-0.3, -0.25) is 0 Å². The molecule has 0 N–H and O–H groups in total. The van der Waals surface area contributed by atoms with Crippen molar-refractivity contribution in [2.45, 2.75) is 58.2 Å². The Morgan fingerprint density at radius 1 is 0.848 bits per heavy atom. The number of hydrogen-bond acceptors (Lipinski definition) is 2. The number of hydrogen-bond donors (Lipinski definition) is 0. The molecule has 1 aliphatic carbocycles. The Hall–Kier alpha value is -2.79. The Labute approximate surface area is 193 Å². The number of halogens is 3. The molecule has 0 unspecified atom stereocenters. The molecule has 0 bridgehead atoms. The van der Waals surface area contributed by atoms with Gasteiger partial charge in [0.15, 0.2) is 11.6 Å². The van der Waals surface area contributed by atoms with Crippen molar-refractivity contribution in [1.82, 2.24) is 0 Å². The minimum Gasteiger partial charge on any atom is -0.494 e. The van der Waals surface area contributed by atoms with Gasteiger partial charge in [0.1, 0.15) is 11.6 Å². The zero-order chi connectivity index (χ0) is 23.4. The molecule has 0 saturated heterocycles. The molecular weight excluding hydrogens is 425 g/mol. The van der Waals surface area contributed by atoms with Crippen LogP contribution in [0, 0.1) is 24.4 Å². The SMILES string of the molecule is CCOc1ccc(COC2CCC(c3ccc(-c4ccc(C)cc4)c(F)c3F)CC2)c(F)c1. The van der Waals surface area contributed by atoms with Crippen molar-refractivity contribution in [3.63, 3.8) is 0 Å². The summed E-state index contributed by atoms with van der Waals surface area (Å²) in [6.07, 6.45) is 2.84. The van der Waals surface area contributed by atoms with Crippen LogP contribution in [0.4, 0.5) is 13.2 Å². The largest absolute Gasteiger partial charge is 0.494 e. The van der Waals surface area contributed by atoms with Crippen LogP contribution >= 0.6 is 0 Å². The third-order valence-electron chi connectivity index (χ3n) is 6.40. The van der Waals surface area contributed by atoms with Crippen molar-refractivity contribution in [3.8, 4) is 16.9 Å². The van der Waals surface area contributed by atoms with E-state index in [0.29, 0.717) is 41.9 Å².